The number of methoxy groups -OCH3 is 1. The highest BCUT2D eigenvalue weighted by Gasteiger charge is 2.16. The number of carbonyl (C=O) groups is 1. The van der Waals surface area contributed by atoms with Crippen molar-refractivity contribution in [1.82, 2.24) is 9.97 Å². The highest BCUT2D eigenvalue weighted by molar-refractivity contribution is 6.03. The minimum atomic E-state index is -0.300. The lowest BCUT2D eigenvalue weighted by Gasteiger charge is -2.11. The third kappa shape index (κ3) is 4.20. The second-order valence-corrected chi connectivity index (χ2v) is 5.47. The molecule has 0 bridgehead atoms. The number of ether oxygens (including phenoxy) is 2. The fraction of sp³-hybridized carbons (Fsp3) is 0.353. The second kappa shape index (κ2) is 7.74. The van der Waals surface area contributed by atoms with Crippen molar-refractivity contribution < 1.29 is 14.3 Å². The smallest absolute Gasteiger partial charge is 0.274 e. The van der Waals surface area contributed by atoms with Crippen LogP contribution in [0.5, 0.6) is 5.75 Å². The Hall–Kier alpha value is -2.67. The Morgan fingerprint density at radius 3 is 3.12 bits per heavy atom. The van der Waals surface area contributed by atoms with Crippen molar-refractivity contribution in [3.63, 3.8) is 0 Å². The van der Waals surface area contributed by atoms with Gasteiger partial charge < -0.3 is 20.1 Å². The number of hydrogen-bond donors (Lipinski definition) is 2. The van der Waals surface area contributed by atoms with E-state index in [1.807, 2.05) is 12.1 Å². The summed E-state index contributed by atoms with van der Waals surface area (Å²) in [7, 11) is 1.58. The van der Waals surface area contributed by atoms with Crippen LogP contribution < -0.4 is 15.4 Å². The molecule has 24 heavy (non-hydrogen) atoms. The molecule has 1 aromatic heterocycles. The average molecular weight is 328 g/mol. The molecule has 0 radical (unpaired) electrons. The van der Waals surface area contributed by atoms with Gasteiger partial charge in [0, 0.05) is 31.1 Å². The first-order valence-electron chi connectivity index (χ1n) is 7.88. The van der Waals surface area contributed by atoms with E-state index < -0.39 is 0 Å². The highest BCUT2D eigenvalue weighted by atomic mass is 16.5. The summed E-state index contributed by atoms with van der Waals surface area (Å²) in [6.45, 7) is 1.44. The predicted octanol–water partition coefficient (Wildman–Crippen LogP) is 2.33. The van der Waals surface area contributed by atoms with E-state index in [4.69, 9.17) is 9.47 Å². The maximum atomic E-state index is 12.3. The van der Waals surface area contributed by atoms with E-state index >= 15 is 0 Å². The number of hydrogen-bond acceptors (Lipinski definition) is 6. The Labute approximate surface area is 140 Å². The van der Waals surface area contributed by atoms with Gasteiger partial charge in [-0.3, -0.25) is 4.79 Å². The van der Waals surface area contributed by atoms with E-state index in [9.17, 15) is 4.79 Å². The van der Waals surface area contributed by atoms with Gasteiger partial charge >= 0.3 is 0 Å². The topological polar surface area (TPSA) is 85.4 Å². The quantitative estimate of drug-likeness (QED) is 0.846. The molecule has 2 aromatic rings. The van der Waals surface area contributed by atoms with Gasteiger partial charge in [-0.2, -0.15) is 0 Å². The van der Waals surface area contributed by atoms with Crippen LogP contribution in [-0.4, -0.2) is 42.2 Å². The van der Waals surface area contributed by atoms with Gasteiger partial charge in [0.2, 0.25) is 5.95 Å². The molecule has 1 saturated heterocycles. The van der Waals surface area contributed by atoms with Crippen molar-refractivity contribution >= 4 is 17.5 Å². The zero-order valence-corrected chi connectivity index (χ0v) is 13.5. The standard InChI is InChI=1S/C17H20N4O3/c1-23-13-5-2-4-12(10-13)20-16(22)15-7-8-18-17(21-15)19-11-14-6-3-9-24-14/h2,4-5,7-8,10,14H,3,6,9,11H2,1H3,(H,20,22)(H,18,19,21). The molecule has 126 valence electrons. The highest BCUT2D eigenvalue weighted by Crippen LogP contribution is 2.17. The Kier molecular flexibility index (Phi) is 5.22. The van der Waals surface area contributed by atoms with Crippen LogP contribution in [0.4, 0.5) is 11.6 Å². The minimum absolute atomic E-state index is 0.183. The van der Waals surface area contributed by atoms with E-state index in [2.05, 4.69) is 20.6 Å². The molecule has 2 heterocycles. The molecule has 3 rings (SSSR count). The van der Waals surface area contributed by atoms with Gasteiger partial charge in [-0.1, -0.05) is 6.07 Å². The number of amides is 1. The van der Waals surface area contributed by atoms with Crippen molar-refractivity contribution in [3.8, 4) is 5.75 Å². The Morgan fingerprint density at radius 1 is 1.42 bits per heavy atom. The van der Waals surface area contributed by atoms with Crippen molar-refractivity contribution in [2.75, 3.05) is 30.9 Å². The molecule has 1 aromatic carbocycles. The Bertz CT molecular complexity index is 702. The van der Waals surface area contributed by atoms with Crippen LogP contribution in [0.25, 0.3) is 0 Å². The maximum absolute atomic E-state index is 12.3. The first-order chi connectivity index (χ1) is 11.7. The van der Waals surface area contributed by atoms with Gasteiger partial charge in [0.05, 0.1) is 13.2 Å². The number of nitrogens with one attached hydrogen (secondary N) is 2. The van der Waals surface area contributed by atoms with E-state index in [1.165, 1.54) is 0 Å². The molecule has 0 saturated carbocycles. The third-order valence-electron chi connectivity index (χ3n) is 3.73. The van der Waals surface area contributed by atoms with Crippen LogP contribution in [0.3, 0.4) is 0 Å². The molecule has 1 atom stereocenters. The van der Waals surface area contributed by atoms with Crippen LogP contribution >= 0.6 is 0 Å². The van der Waals surface area contributed by atoms with Crippen molar-refractivity contribution in [1.29, 1.82) is 0 Å². The molecule has 2 N–H and O–H groups in total. The second-order valence-electron chi connectivity index (χ2n) is 5.47. The number of carbonyl (C=O) groups excluding carboxylic acids is 1. The molecular weight excluding hydrogens is 308 g/mol. The molecule has 1 aliphatic heterocycles. The average Bonchev–Trinajstić information content (AvgIpc) is 3.14. The summed E-state index contributed by atoms with van der Waals surface area (Å²) in [5.74, 6) is 0.795. The summed E-state index contributed by atoms with van der Waals surface area (Å²) in [5.41, 5.74) is 0.939. The summed E-state index contributed by atoms with van der Waals surface area (Å²) in [4.78, 5) is 20.7. The summed E-state index contributed by atoms with van der Waals surface area (Å²) >= 11 is 0. The van der Waals surface area contributed by atoms with Crippen LogP contribution in [0.2, 0.25) is 0 Å². The van der Waals surface area contributed by atoms with Crippen LogP contribution in [0, 0.1) is 0 Å². The van der Waals surface area contributed by atoms with Crippen molar-refractivity contribution in [2.24, 2.45) is 0 Å². The van der Waals surface area contributed by atoms with Gasteiger partial charge in [-0.15, -0.1) is 0 Å². The normalized spacial score (nSPS) is 16.6. The maximum Gasteiger partial charge on any atom is 0.274 e. The lowest BCUT2D eigenvalue weighted by molar-refractivity contribution is 0.102. The zero-order chi connectivity index (χ0) is 16.8. The molecular formula is C17H20N4O3. The van der Waals surface area contributed by atoms with Crippen molar-refractivity contribution in [3.05, 3.63) is 42.2 Å². The molecule has 1 fully saturated rings. The molecule has 7 nitrogen and oxygen atoms in total. The summed E-state index contributed by atoms with van der Waals surface area (Å²) in [5, 5.41) is 5.91. The number of aromatic nitrogens is 2. The fourth-order valence-corrected chi connectivity index (χ4v) is 2.48. The summed E-state index contributed by atoms with van der Waals surface area (Å²) in [6, 6.07) is 8.73. The SMILES string of the molecule is COc1cccc(NC(=O)c2ccnc(NCC3CCCO3)n2)c1. The first-order valence-corrected chi connectivity index (χ1v) is 7.88. The van der Waals surface area contributed by atoms with Crippen molar-refractivity contribution in [2.45, 2.75) is 18.9 Å². The first kappa shape index (κ1) is 16.2. The number of anilines is 2. The number of nitrogens with zero attached hydrogens (tertiary/aromatic N) is 2. The van der Waals surface area contributed by atoms with Gasteiger partial charge in [-0.05, 0) is 31.0 Å². The fourth-order valence-electron chi connectivity index (χ4n) is 2.48. The number of benzene rings is 1. The van der Waals surface area contributed by atoms with Crippen LogP contribution in [0.15, 0.2) is 36.5 Å². The van der Waals surface area contributed by atoms with Crippen LogP contribution in [0.1, 0.15) is 23.3 Å². The number of rotatable bonds is 6. The van der Waals surface area contributed by atoms with E-state index in [-0.39, 0.29) is 12.0 Å². The molecule has 1 amide bonds. The lowest BCUT2D eigenvalue weighted by atomic mass is 10.2. The predicted molar refractivity (Wildman–Crippen MR) is 90.4 cm³/mol. The van der Waals surface area contributed by atoms with E-state index in [0.717, 1.165) is 19.4 Å². The van der Waals surface area contributed by atoms with Gasteiger partial charge in [-0.25, -0.2) is 9.97 Å². The molecule has 0 spiro atoms. The molecule has 0 aliphatic carbocycles. The molecule has 1 aliphatic rings. The summed E-state index contributed by atoms with van der Waals surface area (Å²) in [6.07, 6.45) is 3.85. The zero-order valence-electron chi connectivity index (χ0n) is 13.5. The van der Waals surface area contributed by atoms with Gasteiger partial charge in [0.15, 0.2) is 0 Å². The Balaban J connectivity index is 1.62. The lowest BCUT2D eigenvalue weighted by Crippen LogP contribution is -2.21. The minimum Gasteiger partial charge on any atom is -0.497 e. The molecule has 7 heteroatoms. The third-order valence-corrected chi connectivity index (χ3v) is 3.73. The van der Waals surface area contributed by atoms with E-state index in [1.54, 1.807) is 31.5 Å². The van der Waals surface area contributed by atoms with Crippen LogP contribution in [-0.2, 0) is 4.74 Å². The Morgan fingerprint density at radius 2 is 2.33 bits per heavy atom. The molecule has 1 unspecified atom stereocenters. The summed E-state index contributed by atoms with van der Waals surface area (Å²) < 4.78 is 10.7. The van der Waals surface area contributed by atoms with E-state index in [0.29, 0.717) is 29.6 Å². The van der Waals surface area contributed by atoms with Gasteiger partial charge in [0.25, 0.3) is 5.91 Å². The monoisotopic (exact) mass is 328 g/mol. The van der Waals surface area contributed by atoms with Gasteiger partial charge in [0.1, 0.15) is 11.4 Å². The largest absolute Gasteiger partial charge is 0.497 e.